The smallest absolute Gasteiger partial charge is 0.272 e. The van der Waals surface area contributed by atoms with Crippen LogP contribution < -0.4 is 0 Å². The molecular formula is C23H34N4OS. The average molecular weight is 415 g/mol. The second kappa shape index (κ2) is 8.60. The summed E-state index contributed by atoms with van der Waals surface area (Å²) in [6.07, 6.45) is 5.52. The number of carbonyl (C=O) groups excluding carboxylic acids is 1. The number of rotatable bonds is 6. The quantitative estimate of drug-likeness (QED) is 0.714. The molecule has 3 atom stereocenters. The fourth-order valence-electron chi connectivity index (χ4n) is 5.21. The molecule has 5 nitrogen and oxygen atoms in total. The van der Waals surface area contributed by atoms with Crippen molar-refractivity contribution in [1.29, 1.82) is 0 Å². The van der Waals surface area contributed by atoms with Crippen LogP contribution in [-0.2, 0) is 20.0 Å². The topological polar surface area (TPSA) is 41.4 Å². The molecule has 3 heterocycles. The summed E-state index contributed by atoms with van der Waals surface area (Å²) in [6, 6.07) is 4.56. The molecule has 0 bridgehead atoms. The highest BCUT2D eigenvalue weighted by Crippen LogP contribution is 2.40. The minimum Gasteiger partial charge on any atom is -0.337 e. The van der Waals surface area contributed by atoms with Gasteiger partial charge in [-0.3, -0.25) is 14.4 Å². The second-order valence-electron chi connectivity index (χ2n) is 9.01. The summed E-state index contributed by atoms with van der Waals surface area (Å²) in [5, 5.41) is 6.72. The van der Waals surface area contributed by atoms with Crippen molar-refractivity contribution in [3.8, 4) is 0 Å². The average Bonchev–Trinajstić information content (AvgIpc) is 3.40. The van der Waals surface area contributed by atoms with Crippen LogP contribution in [0.15, 0.2) is 17.5 Å². The van der Waals surface area contributed by atoms with E-state index in [1.165, 1.54) is 30.0 Å². The number of hydrogen-bond acceptors (Lipinski definition) is 4. The van der Waals surface area contributed by atoms with Gasteiger partial charge in [-0.15, -0.1) is 11.3 Å². The minimum absolute atomic E-state index is 0.122. The molecule has 2 aliphatic rings. The van der Waals surface area contributed by atoms with Crippen molar-refractivity contribution in [3.63, 3.8) is 0 Å². The van der Waals surface area contributed by atoms with Gasteiger partial charge in [-0.25, -0.2) is 0 Å². The second-order valence-corrected chi connectivity index (χ2v) is 10.0. The lowest BCUT2D eigenvalue weighted by Crippen LogP contribution is -2.38. The molecule has 0 unspecified atom stereocenters. The van der Waals surface area contributed by atoms with Crippen LogP contribution in [0.25, 0.3) is 0 Å². The van der Waals surface area contributed by atoms with Crippen molar-refractivity contribution in [3.05, 3.63) is 39.3 Å². The zero-order valence-corrected chi connectivity index (χ0v) is 19.0. The normalized spacial score (nSPS) is 24.6. The molecule has 29 heavy (non-hydrogen) atoms. The van der Waals surface area contributed by atoms with E-state index in [-0.39, 0.29) is 5.91 Å². The van der Waals surface area contributed by atoms with E-state index in [0.29, 0.717) is 12.0 Å². The maximum atomic E-state index is 13.1. The molecular weight excluding hydrogens is 380 g/mol. The van der Waals surface area contributed by atoms with E-state index in [9.17, 15) is 4.79 Å². The first-order valence-corrected chi connectivity index (χ1v) is 11.9. The fraction of sp³-hybridized carbons (Fsp3) is 0.652. The Bertz CT molecular complexity index is 857. The molecule has 0 aromatic carbocycles. The molecule has 1 aliphatic carbocycles. The molecule has 2 aromatic heterocycles. The van der Waals surface area contributed by atoms with Crippen LogP contribution in [0.5, 0.6) is 0 Å². The summed E-state index contributed by atoms with van der Waals surface area (Å²) in [4.78, 5) is 19.3. The lowest BCUT2D eigenvalue weighted by molar-refractivity contribution is 0.0719. The van der Waals surface area contributed by atoms with Crippen molar-refractivity contribution < 1.29 is 4.79 Å². The highest BCUT2D eigenvalue weighted by molar-refractivity contribution is 7.10. The maximum Gasteiger partial charge on any atom is 0.272 e. The first kappa shape index (κ1) is 20.6. The van der Waals surface area contributed by atoms with E-state index in [2.05, 4.69) is 35.3 Å². The van der Waals surface area contributed by atoms with E-state index < -0.39 is 0 Å². The van der Waals surface area contributed by atoms with Crippen molar-refractivity contribution >= 4 is 17.2 Å². The Labute approximate surface area is 178 Å². The summed E-state index contributed by atoms with van der Waals surface area (Å²) in [5.41, 5.74) is 3.16. The Morgan fingerprint density at radius 2 is 2.14 bits per heavy atom. The van der Waals surface area contributed by atoms with Gasteiger partial charge < -0.3 is 4.90 Å². The molecule has 2 fully saturated rings. The number of nitrogens with zero attached hydrogens (tertiary/aromatic N) is 4. The molecule has 6 heteroatoms. The largest absolute Gasteiger partial charge is 0.337 e. The van der Waals surface area contributed by atoms with Crippen LogP contribution in [0.1, 0.15) is 59.2 Å². The van der Waals surface area contributed by atoms with Gasteiger partial charge in [-0.2, -0.15) is 5.10 Å². The van der Waals surface area contributed by atoms with Gasteiger partial charge in [0, 0.05) is 38.1 Å². The molecule has 4 rings (SSSR count). The van der Waals surface area contributed by atoms with Gasteiger partial charge in [0.15, 0.2) is 0 Å². The van der Waals surface area contributed by atoms with Gasteiger partial charge in [0.05, 0.1) is 5.69 Å². The van der Waals surface area contributed by atoms with Gasteiger partial charge in [-0.1, -0.05) is 13.3 Å². The summed E-state index contributed by atoms with van der Waals surface area (Å²) < 4.78 is 1.76. The van der Waals surface area contributed by atoms with Crippen molar-refractivity contribution in [1.82, 2.24) is 19.6 Å². The Morgan fingerprint density at radius 3 is 2.86 bits per heavy atom. The Kier molecular flexibility index (Phi) is 6.11. The molecule has 0 radical (unpaired) electrons. The van der Waals surface area contributed by atoms with E-state index in [1.54, 1.807) is 4.68 Å². The standard InChI is InChI=1S/C23H34N4OS/c1-5-6-19-13-21(26(4)24-19)23(28)25(3)20-11-17-7-9-27(14-18(17)12-20)15-22-16(2)8-10-29-22/h8,10,13,17-18,20H,5-7,9,11-12,14-15H2,1-4H3/t17-,18-,20+/m1/s1. The lowest BCUT2D eigenvalue weighted by atomic mass is 9.89. The fourth-order valence-corrected chi connectivity index (χ4v) is 6.16. The number of likely N-dealkylation sites (tertiary alicyclic amines) is 1. The van der Waals surface area contributed by atoms with E-state index in [4.69, 9.17) is 0 Å². The number of piperidine rings is 1. The van der Waals surface area contributed by atoms with Crippen molar-refractivity contribution in [2.45, 2.75) is 58.5 Å². The molecule has 1 saturated heterocycles. The molecule has 1 saturated carbocycles. The third-order valence-corrected chi connectivity index (χ3v) is 7.99. The Morgan fingerprint density at radius 1 is 1.34 bits per heavy atom. The minimum atomic E-state index is 0.122. The van der Waals surface area contributed by atoms with Crippen LogP contribution in [0.4, 0.5) is 0 Å². The summed E-state index contributed by atoms with van der Waals surface area (Å²) in [7, 11) is 3.88. The predicted octanol–water partition coefficient (Wildman–Crippen LogP) is 4.12. The maximum absolute atomic E-state index is 13.1. The van der Waals surface area contributed by atoms with Crippen LogP contribution in [0.2, 0.25) is 0 Å². The highest BCUT2D eigenvalue weighted by Gasteiger charge is 2.41. The van der Waals surface area contributed by atoms with Gasteiger partial charge in [0.2, 0.25) is 0 Å². The molecule has 1 amide bonds. The zero-order valence-electron chi connectivity index (χ0n) is 18.2. The van der Waals surface area contributed by atoms with Crippen LogP contribution in [-0.4, -0.2) is 51.7 Å². The predicted molar refractivity (Wildman–Crippen MR) is 118 cm³/mol. The highest BCUT2D eigenvalue weighted by atomic mass is 32.1. The zero-order chi connectivity index (χ0) is 20.5. The SMILES string of the molecule is CCCc1cc(C(=O)N(C)[C@H]2C[C@H]3CCN(Cc4sccc4C)C[C@H]3C2)n(C)n1. The van der Waals surface area contributed by atoms with Crippen LogP contribution in [0, 0.1) is 18.8 Å². The number of hydrogen-bond donors (Lipinski definition) is 0. The molecule has 158 valence electrons. The summed E-state index contributed by atoms with van der Waals surface area (Å²) in [5.74, 6) is 1.60. The molecule has 0 spiro atoms. The lowest BCUT2D eigenvalue weighted by Gasteiger charge is -2.34. The van der Waals surface area contributed by atoms with Crippen LogP contribution >= 0.6 is 11.3 Å². The van der Waals surface area contributed by atoms with Crippen molar-refractivity contribution in [2.24, 2.45) is 18.9 Å². The van der Waals surface area contributed by atoms with Gasteiger partial charge in [0.25, 0.3) is 5.91 Å². The number of aryl methyl sites for hydroxylation is 3. The van der Waals surface area contributed by atoms with Crippen molar-refractivity contribution in [2.75, 3.05) is 20.1 Å². The number of amides is 1. The first-order valence-electron chi connectivity index (χ1n) is 11.0. The van der Waals surface area contributed by atoms with Gasteiger partial charge in [0.1, 0.15) is 5.69 Å². The number of thiophene rings is 1. The van der Waals surface area contributed by atoms with Gasteiger partial charge in [-0.05, 0) is 74.1 Å². The molecule has 0 N–H and O–H groups in total. The Hall–Kier alpha value is -1.66. The van der Waals surface area contributed by atoms with Crippen LogP contribution in [0.3, 0.4) is 0 Å². The number of carbonyl (C=O) groups is 1. The monoisotopic (exact) mass is 414 g/mol. The third kappa shape index (κ3) is 4.29. The molecule has 2 aromatic rings. The molecule has 1 aliphatic heterocycles. The van der Waals surface area contributed by atoms with E-state index in [0.717, 1.165) is 49.5 Å². The first-order chi connectivity index (χ1) is 14.0. The number of fused-ring (bicyclic) bond motifs is 1. The Balaban J connectivity index is 1.37. The summed E-state index contributed by atoms with van der Waals surface area (Å²) >= 11 is 1.88. The number of aromatic nitrogens is 2. The van der Waals surface area contributed by atoms with E-state index in [1.807, 2.05) is 36.4 Å². The van der Waals surface area contributed by atoms with Gasteiger partial charge >= 0.3 is 0 Å². The summed E-state index contributed by atoms with van der Waals surface area (Å²) in [6.45, 7) is 7.81. The van der Waals surface area contributed by atoms with E-state index >= 15 is 0 Å². The third-order valence-electron chi connectivity index (χ3n) is 6.98.